The third-order valence-electron chi connectivity index (χ3n) is 2.04. The van der Waals surface area contributed by atoms with Crippen LogP contribution >= 0.6 is 0 Å². The van der Waals surface area contributed by atoms with E-state index in [1.807, 2.05) is 18.2 Å². The Bertz CT molecular complexity index is 299. The lowest BCUT2D eigenvalue weighted by Crippen LogP contribution is -2.10. The first-order valence-electron chi connectivity index (χ1n) is 3.88. The van der Waals surface area contributed by atoms with Crippen molar-refractivity contribution < 1.29 is 9.47 Å². The number of hydrogen-bond acceptors (Lipinski definition) is 3. The quantitative estimate of drug-likeness (QED) is 0.677. The van der Waals surface area contributed by atoms with Crippen LogP contribution < -0.4 is 15.2 Å². The molecule has 0 fully saturated rings. The summed E-state index contributed by atoms with van der Waals surface area (Å²) in [7, 11) is 1.63. The van der Waals surface area contributed by atoms with Gasteiger partial charge in [0.1, 0.15) is 6.61 Å². The standard InChI is InChI=1S/C9H11NO2/c1-11-8-4-2-3-6-7(10)5-12-9(6)8/h2-4,7H,5,10H2,1H3. The predicted molar refractivity (Wildman–Crippen MR) is 45.4 cm³/mol. The first-order valence-corrected chi connectivity index (χ1v) is 3.88. The van der Waals surface area contributed by atoms with Gasteiger partial charge in [-0.15, -0.1) is 0 Å². The van der Waals surface area contributed by atoms with E-state index >= 15 is 0 Å². The summed E-state index contributed by atoms with van der Waals surface area (Å²) in [6.45, 7) is 0.551. The van der Waals surface area contributed by atoms with E-state index in [2.05, 4.69) is 0 Å². The zero-order valence-corrected chi connectivity index (χ0v) is 6.91. The molecule has 0 saturated heterocycles. The number of rotatable bonds is 1. The fraction of sp³-hybridized carbons (Fsp3) is 0.333. The molecule has 1 aromatic rings. The largest absolute Gasteiger partial charge is 0.493 e. The lowest BCUT2D eigenvalue weighted by molar-refractivity contribution is 0.311. The van der Waals surface area contributed by atoms with Crippen molar-refractivity contribution in [1.29, 1.82) is 0 Å². The average Bonchev–Trinajstić information content (AvgIpc) is 2.48. The van der Waals surface area contributed by atoms with Crippen molar-refractivity contribution >= 4 is 0 Å². The zero-order valence-electron chi connectivity index (χ0n) is 6.91. The van der Waals surface area contributed by atoms with Crippen LogP contribution in [0.3, 0.4) is 0 Å². The third-order valence-corrected chi connectivity index (χ3v) is 2.04. The Hall–Kier alpha value is -1.22. The van der Waals surface area contributed by atoms with Crippen molar-refractivity contribution in [2.24, 2.45) is 5.73 Å². The van der Waals surface area contributed by atoms with Crippen molar-refractivity contribution in [3.63, 3.8) is 0 Å². The molecule has 2 N–H and O–H groups in total. The van der Waals surface area contributed by atoms with E-state index in [9.17, 15) is 0 Å². The van der Waals surface area contributed by atoms with Gasteiger partial charge in [0.25, 0.3) is 0 Å². The second-order valence-electron chi connectivity index (χ2n) is 2.80. The van der Waals surface area contributed by atoms with E-state index in [-0.39, 0.29) is 6.04 Å². The van der Waals surface area contributed by atoms with E-state index in [0.29, 0.717) is 6.61 Å². The van der Waals surface area contributed by atoms with Crippen LogP contribution in [0.15, 0.2) is 18.2 Å². The van der Waals surface area contributed by atoms with E-state index in [4.69, 9.17) is 15.2 Å². The van der Waals surface area contributed by atoms with E-state index in [1.165, 1.54) is 0 Å². The summed E-state index contributed by atoms with van der Waals surface area (Å²) in [5.74, 6) is 1.56. The Balaban J connectivity index is 2.50. The number of benzene rings is 1. The van der Waals surface area contributed by atoms with Crippen LogP contribution in [-0.4, -0.2) is 13.7 Å². The zero-order chi connectivity index (χ0) is 8.55. The normalized spacial score (nSPS) is 20.0. The van der Waals surface area contributed by atoms with E-state index < -0.39 is 0 Å². The molecule has 3 nitrogen and oxygen atoms in total. The Morgan fingerprint density at radius 1 is 1.58 bits per heavy atom. The summed E-state index contributed by atoms with van der Waals surface area (Å²) < 4.78 is 10.5. The van der Waals surface area contributed by atoms with Gasteiger partial charge in [0, 0.05) is 5.56 Å². The number of hydrogen-bond donors (Lipinski definition) is 1. The molecule has 1 aromatic carbocycles. The van der Waals surface area contributed by atoms with Crippen LogP contribution in [0.25, 0.3) is 0 Å². The van der Waals surface area contributed by atoms with Crippen molar-refractivity contribution in [3.05, 3.63) is 23.8 Å². The molecule has 3 heteroatoms. The van der Waals surface area contributed by atoms with Gasteiger partial charge in [-0.1, -0.05) is 12.1 Å². The number of para-hydroxylation sites is 1. The van der Waals surface area contributed by atoms with Crippen LogP contribution in [0.1, 0.15) is 11.6 Å². The lowest BCUT2D eigenvalue weighted by Gasteiger charge is -2.05. The number of nitrogens with two attached hydrogens (primary N) is 1. The van der Waals surface area contributed by atoms with Gasteiger partial charge in [0.05, 0.1) is 13.2 Å². The molecule has 1 heterocycles. The highest BCUT2D eigenvalue weighted by Gasteiger charge is 2.23. The minimum Gasteiger partial charge on any atom is -0.493 e. The van der Waals surface area contributed by atoms with Gasteiger partial charge in [-0.2, -0.15) is 0 Å². The van der Waals surface area contributed by atoms with Crippen LogP contribution in [0, 0.1) is 0 Å². The molecule has 0 bridgehead atoms. The molecule has 12 heavy (non-hydrogen) atoms. The number of ether oxygens (including phenoxy) is 2. The summed E-state index contributed by atoms with van der Waals surface area (Å²) >= 11 is 0. The first kappa shape index (κ1) is 7.43. The summed E-state index contributed by atoms with van der Waals surface area (Å²) in [6.07, 6.45) is 0. The van der Waals surface area contributed by atoms with Gasteiger partial charge >= 0.3 is 0 Å². The number of fused-ring (bicyclic) bond motifs is 1. The molecular formula is C9H11NO2. The van der Waals surface area contributed by atoms with Gasteiger partial charge in [0.2, 0.25) is 0 Å². The van der Waals surface area contributed by atoms with Crippen molar-refractivity contribution in [2.45, 2.75) is 6.04 Å². The minimum atomic E-state index is -0.00454. The minimum absolute atomic E-state index is 0.00454. The predicted octanol–water partition coefficient (Wildman–Crippen LogP) is 1.09. The highest BCUT2D eigenvalue weighted by molar-refractivity contribution is 5.50. The summed E-state index contributed by atoms with van der Waals surface area (Å²) in [5.41, 5.74) is 6.83. The Morgan fingerprint density at radius 2 is 2.42 bits per heavy atom. The molecule has 64 valence electrons. The Morgan fingerprint density at radius 3 is 3.17 bits per heavy atom. The second-order valence-corrected chi connectivity index (χ2v) is 2.80. The third kappa shape index (κ3) is 0.940. The summed E-state index contributed by atoms with van der Waals surface area (Å²) in [4.78, 5) is 0. The molecule has 1 aliphatic heterocycles. The van der Waals surface area contributed by atoms with Gasteiger partial charge in [0.15, 0.2) is 11.5 Å². The van der Waals surface area contributed by atoms with Crippen LogP contribution in [-0.2, 0) is 0 Å². The van der Waals surface area contributed by atoms with Gasteiger partial charge in [-0.25, -0.2) is 0 Å². The maximum atomic E-state index is 5.79. The highest BCUT2D eigenvalue weighted by atomic mass is 16.5. The molecule has 1 unspecified atom stereocenters. The summed E-state index contributed by atoms with van der Waals surface area (Å²) in [6, 6.07) is 5.76. The fourth-order valence-electron chi connectivity index (χ4n) is 1.40. The van der Waals surface area contributed by atoms with Crippen LogP contribution in [0.4, 0.5) is 0 Å². The molecule has 0 radical (unpaired) electrons. The smallest absolute Gasteiger partial charge is 0.166 e. The van der Waals surface area contributed by atoms with Crippen molar-refractivity contribution in [2.75, 3.05) is 13.7 Å². The molecule has 0 aromatic heterocycles. The number of methoxy groups -OCH3 is 1. The molecule has 1 atom stereocenters. The fourth-order valence-corrected chi connectivity index (χ4v) is 1.40. The maximum Gasteiger partial charge on any atom is 0.166 e. The highest BCUT2D eigenvalue weighted by Crippen LogP contribution is 2.38. The molecule has 0 saturated carbocycles. The van der Waals surface area contributed by atoms with Gasteiger partial charge < -0.3 is 15.2 Å². The first-order chi connectivity index (χ1) is 5.83. The van der Waals surface area contributed by atoms with Crippen LogP contribution in [0.2, 0.25) is 0 Å². The SMILES string of the molecule is COc1cccc2c1OCC2N. The van der Waals surface area contributed by atoms with E-state index in [1.54, 1.807) is 7.11 Å². The molecule has 0 amide bonds. The maximum absolute atomic E-state index is 5.79. The second kappa shape index (κ2) is 2.68. The molecule has 2 rings (SSSR count). The molecule has 1 aliphatic rings. The van der Waals surface area contributed by atoms with Crippen LogP contribution in [0.5, 0.6) is 11.5 Å². The average molecular weight is 165 g/mol. The molecule has 0 aliphatic carbocycles. The van der Waals surface area contributed by atoms with Gasteiger partial charge in [-0.05, 0) is 6.07 Å². The lowest BCUT2D eigenvalue weighted by atomic mass is 10.1. The topological polar surface area (TPSA) is 44.5 Å². The summed E-state index contributed by atoms with van der Waals surface area (Å²) in [5, 5.41) is 0. The Kier molecular flexibility index (Phi) is 1.66. The van der Waals surface area contributed by atoms with Crippen molar-refractivity contribution in [3.8, 4) is 11.5 Å². The van der Waals surface area contributed by atoms with Crippen molar-refractivity contribution in [1.82, 2.24) is 0 Å². The van der Waals surface area contributed by atoms with E-state index in [0.717, 1.165) is 17.1 Å². The van der Waals surface area contributed by atoms with Gasteiger partial charge in [-0.3, -0.25) is 0 Å². The molecule has 0 spiro atoms. The monoisotopic (exact) mass is 165 g/mol. The Labute approximate surface area is 71.1 Å². The molecular weight excluding hydrogens is 154 g/mol.